The molecule has 0 unspecified atom stereocenters. The van der Waals surface area contributed by atoms with Crippen molar-refractivity contribution in [1.29, 1.82) is 0 Å². The molecule has 0 aliphatic rings. The third-order valence-corrected chi connectivity index (χ3v) is 2.98. The molecule has 1 heterocycles. The average Bonchev–Trinajstić information content (AvgIpc) is 2.71. The van der Waals surface area contributed by atoms with Crippen molar-refractivity contribution < 1.29 is 19.2 Å². The SMILES string of the molecule is Cc1cc(C(=O)O)ccc1NC(=O)c1c(C)noc1C. The summed E-state index contributed by atoms with van der Waals surface area (Å²) in [5.41, 5.74) is 2.31. The lowest BCUT2D eigenvalue weighted by Crippen LogP contribution is -2.14. The second-order valence-electron chi connectivity index (χ2n) is 4.49. The zero-order valence-corrected chi connectivity index (χ0v) is 11.4. The summed E-state index contributed by atoms with van der Waals surface area (Å²) in [7, 11) is 0. The number of carbonyl (C=O) groups excluding carboxylic acids is 1. The lowest BCUT2D eigenvalue weighted by molar-refractivity contribution is 0.0696. The van der Waals surface area contributed by atoms with Gasteiger partial charge in [-0.1, -0.05) is 5.16 Å². The van der Waals surface area contributed by atoms with Gasteiger partial charge in [0.2, 0.25) is 0 Å². The molecule has 1 amide bonds. The van der Waals surface area contributed by atoms with Crippen molar-refractivity contribution in [2.45, 2.75) is 20.8 Å². The monoisotopic (exact) mass is 274 g/mol. The number of rotatable bonds is 3. The number of anilines is 1. The van der Waals surface area contributed by atoms with Gasteiger partial charge in [0.15, 0.2) is 0 Å². The van der Waals surface area contributed by atoms with Gasteiger partial charge in [0, 0.05) is 5.69 Å². The van der Waals surface area contributed by atoms with Crippen LogP contribution in [0.5, 0.6) is 0 Å². The van der Waals surface area contributed by atoms with E-state index in [1.54, 1.807) is 26.8 Å². The van der Waals surface area contributed by atoms with E-state index in [-0.39, 0.29) is 11.5 Å². The van der Waals surface area contributed by atoms with E-state index < -0.39 is 5.97 Å². The summed E-state index contributed by atoms with van der Waals surface area (Å²) in [6.07, 6.45) is 0. The summed E-state index contributed by atoms with van der Waals surface area (Å²) >= 11 is 0. The van der Waals surface area contributed by atoms with Crippen molar-refractivity contribution in [2.24, 2.45) is 0 Å². The number of carboxylic acids is 1. The Morgan fingerprint density at radius 3 is 2.45 bits per heavy atom. The molecule has 6 heteroatoms. The van der Waals surface area contributed by atoms with Crippen LogP contribution in [0.15, 0.2) is 22.7 Å². The smallest absolute Gasteiger partial charge is 0.335 e. The van der Waals surface area contributed by atoms with Crippen LogP contribution in [0.2, 0.25) is 0 Å². The van der Waals surface area contributed by atoms with Gasteiger partial charge in [-0.15, -0.1) is 0 Å². The minimum Gasteiger partial charge on any atom is -0.478 e. The number of nitrogens with zero attached hydrogens (tertiary/aromatic N) is 1. The fourth-order valence-corrected chi connectivity index (χ4v) is 1.93. The second kappa shape index (κ2) is 5.16. The second-order valence-corrected chi connectivity index (χ2v) is 4.49. The zero-order valence-electron chi connectivity index (χ0n) is 11.4. The van der Waals surface area contributed by atoms with Crippen molar-refractivity contribution in [2.75, 3.05) is 5.32 Å². The Morgan fingerprint density at radius 1 is 1.25 bits per heavy atom. The van der Waals surface area contributed by atoms with Crippen LogP contribution in [-0.2, 0) is 0 Å². The molecule has 0 aliphatic carbocycles. The topological polar surface area (TPSA) is 92.4 Å². The third-order valence-electron chi connectivity index (χ3n) is 2.98. The van der Waals surface area contributed by atoms with E-state index in [1.807, 2.05) is 0 Å². The number of nitrogens with one attached hydrogen (secondary N) is 1. The molecule has 0 saturated carbocycles. The Kier molecular flexibility index (Phi) is 3.56. The number of hydrogen-bond donors (Lipinski definition) is 2. The fraction of sp³-hybridized carbons (Fsp3) is 0.214. The van der Waals surface area contributed by atoms with E-state index >= 15 is 0 Å². The molecule has 0 bridgehead atoms. The molecule has 104 valence electrons. The number of aromatic nitrogens is 1. The molecule has 1 aromatic heterocycles. The summed E-state index contributed by atoms with van der Waals surface area (Å²) in [4.78, 5) is 23.0. The van der Waals surface area contributed by atoms with Gasteiger partial charge in [0.1, 0.15) is 11.3 Å². The van der Waals surface area contributed by atoms with Crippen LogP contribution in [0.1, 0.15) is 37.7 Å². The highest BCUT2D eigenvalue weighted by Gasteiger charge is 2.18. The van der Waals surface area contributed by atoms with Gasteiger partial charge in [-0.25, -0.2) is 4.79 Å². The average molecular weight is 274 g/mol. The number of amides is 1. The van der Waals surface area contributed by atoms with E-state index in [0.717, 1.165) is 0 Å². The molecule has 1 aromatic carbocycles. The van der Waals surface area contributed by atoms with Gasteiger partial charge < -0.3 is 14.9 Å². The van der Waals surface area contributed by atoms with Crippen LogP contribution >= 0.6 is 0 Å². The number of carboxylic acid groups (broad SMARTS) is 1. The summed E-state index contributed by atoms with van der Waals surface area (Å²) in [6, 6.07) is 4.51. The first-order valence-electron chi connectivity index (χ1n) is 5.98. The van der Waals surface area contributed by atoms with E-state index in [4.69, 9.17) is 9.63 Å². The van der Waals surface area contributed by atoms with Crippen molar-refractivity contribution in [1.82, 2.24) is 5.16 Å². The van der Waals surface area contributed by atoms with E-state index in [2.05, 4.69) is 10.5 Å². The van der Waals surface area contributed by atoms with Gasteiger partial charge in [0.25, 0.3) is 5.91 Å². The van der Waals surface area contributed by atoms with Gasteiger partial charge in [-0.05, 0) is 44.5 Å². The Bertz CT molecular complexity index is 669. The van der Waals surface area contributed by atoms with Crippen molar-refractivity contribution >= 4 is 17.6 Å². The predicted octanol–water partition coefficient (Wildman–Crippen LogP) is 2.55. The number of hydrogen-bond acceptors (Lipinski definition) is 4. The molecular formula is C14H14N2O4. The summed E-state index contributed by atoms with van der Waals surface area (Å²) in [5, 5.41) is 15.4. The largest absolute Gasteiger partial charge is 0.478 e. The molecule has 2 rings (SSSR count). The van der Waals surface area contributed by atoms with Gasteiger partial charge in [-0.2, -0.15) is 0 Å². The van der Waals surface area contributed by atoms with Crippen LogP contribution in [0.3, 0.4) is 0 Å². The van der Waals surface area contributed by atoms with Crippen LogP contribution in [0.4, 0.5) is 5.69 Å². The maximum absolute atomic E-state index is 12.2. The molecule has 0 aliphatic heterocycles. The lowest BCUT2D eigenvalue weighted by Gasteiger charge is -2.08. The quantitative estimate of drug-likeness (QED) is 0.897. The predicted molar refractivity (Wildman–Crippen MR) is 72.1 cm³/mol. The number of aromatic carboxylic acids is 1. The molecule has 2 aromatic rings. The molecule has 0 radical (unpaired) electrons. The normalized spacial score (nSPS) is 10.3. The summed E-state index contributed by atoms with van der Waals surface area (Å²) < 4.78 is 4.95. The van der Waals surface area contributed by atoms with Crippen LogP contribution < -0.4 is 5.32 Å². The fourth-order valence-electron chi connectivity index (χ4n) is 1.93. The standard InChI is InChI=1S/C14H14N2O4/c1-7-6-10(14(18)19)4-5-11(7)15-13(17)12-8(2)16-20-9(12)3/h4-6H,1-3H3,(H,15,17)(H,18,19). The molecule has 0 saturated heterocycles. The molecule has 6 nitrogen and oxygen atoms in total. The Morgan fingerprint density at radius 2 is 1.95 bits per heavy atom. The Labute approximate surface area is 115 Å². The molecule has 2 N–H and O–H groups in total. The maximum Gasteiger partial charge on any atom is 0.335 e. The maximum atomic E-state index is 12.2. The molecular weight excluding hydrogens is 260 g/mol. The van der Waals surface area contributed by atoms with Gasteiger partial charge in [0.05, 0.1) is 11.3 Å². The van der Waals surface area contributed by atoms with Crippen LogP contribution in [0, 0.1) is 20.8 Å². The van der Waals surface area contributed by atoms with Crippen molar-refractivity contribution in [3.05, 3.63) is 46.3 Å². The highest BCUT2D eigenvalue weighted by Crippen LogP contribution is 2.19. The lowest BCUT2D eigenvalue weighted by atomic mass is 10.1. The van der Waals surface area contributed by atoms with E-state index in [9.17, 15) is 9.59 Å². The van der Waals surface area contributed by atoms with Gasteiger partial charge in [-0.3, -0.25) is 4.79 Å². The molecule has 0 fully saturated rings. The highest BCUT2D eigenvalue weighted by molar-refractivity contribution is 6.06. The molecule has 0 atom stereocenters. The summed E-state index contributed by atoms with van der Waals surface area (Å²) in [6.45, 7) is 5.08. The number of benzene rings is 1. The van der Waals surface area contributed by atoms with Crippen LogP contribution in [0.25, 0.3) is 0 Å². The highest BCUT2D eigenvalue weighted by atomic mass is 16.5. The first-order valence-corrected chi connectivity index (χ1v) is 5.98. The number of carbonyl (C=O) groups is 2. The Balaban J connectivity index is 2.27. The molecule has 20 heavy (non-hydrogen) atoms. The van der Waals surface area contributed by atoms with Gasteiger partial charge >= 0.3 is 5.97 Å². The minimum atomic E-state index is -1.00. The minimum absolute atomic E-state index is 0.179. The first-order chi connectivity index (χ1) is 9.40. The van der Waals surface area contributed by atoms with E-state index in [1.165, 1.54) is 12.1 Å². The Hall–Kier alpha value is -2.63. The zero-order chi connectivity index (χ0) is 14.9. The third kappa shape index (κ3) is 2.54. The van der Waals surface area contributed by atoms with Crippen molar-refractivity contribution in [3.63, 3.8) is 0 Å². The van der Waals surface area contributed by atoms with E-state index in [0.29, 0.717) is 28.3 Å². The number of aryl methyl sites for hydroxylation is 3. The van der Waals surface area contributed by atoms with Crippen LogP contribution in [-0.4, -0.2) is 22.1 Å². The summed E-state index contributed by atoms with van der Waals surface area (Å²) in [5.74, 6) is -0.885. The molecule has 0 spiro atoms. The first kappa shape index (κ1) is 13.8. The van der Waals surface area contributed by atoms with Crippen molar-refractivity contribution in [3.8, 4) is 0 Å².